The van der Waals surface area contributed by atoms with Crippen LogP contribution in [0.4, 0.5) is 11.5 Å². The molecular weight excluding hydrogens is 438 g/mol. The molecule has 2 unspecified atom stereocenters. The Hall–Kier alpha value is -3.52. The van der Waals surface area contributed by atoms with Crippen LogP contribution in [0.2, 0.25) is 5.15 Å². The summed E-state index contributed by atoms with van der Waals surface area (Å²) in [6.45, 7) is 0.580. The summed E-state index contributed by atoms with van der Waals surface area (Å²) in [6, 6.07) is 9.68. The first-order chi connectivity index (χ1) is 16.1. The lowest BCUT2D eigenvalue weighted by atomic mass is 10.2. The third-order valence-corrected chi connectivity index (χ3v) is 6.43. The summed E-state index contributed by atoms with van der Waals surface area (Å²) in [5, 5.41) is 6.68. The summed E-state index contributed by atoms with van der Waals surface area (Å²) >= 11 is 5.94. The monoisotopic (exact) mass is 459 g/mol. The van der Waals surface area contributed by atoms with Crippen LogP contribution >= 0.6 is 11.6 Å². The molecule has 2 aliphatic rings. The van der Waals surface area contributed by atoms with Crippen LogP contribution < -0.4 is 10.6 Å². The van der Waals surface area contributed by atoms with E-state index in [1.165, 1.54) is 24.7 Å². The van der Waals surface area contributed by atoms with Gasteiger partial charge in [0, 0.05) is 47.9 Å². The first-order valence-corrected chi connectivity index (χ1v) is 11.5. The molecule has 1 amide bonds. The van der Waals surface area contributed by atoms with Crippen molar-refractivity contribution in [2.24, 2.45) is 5.92 Å². The number of fused-ring (bicyclic) bond motifs is 1. The number of hydrogen-bond donors (Lipinski definition) is 2. The van der Waals surface area contributed by atoms with Gasteiger partial charge in [-0.3, -0.25) is 4.79 Å². The Kier molecular flexibility index (Phi) is 4.95. The molecule has 0 spiro atoms. The highest BCUT2D eigenvalue weighted by atomic mass is 35.5. The molecule has 4 aromatic heterocycles. The summed E-state index contributed by atoms with van der Waals surface area (Å²) in [5.74, 6) is 1.11. The van der Waals surface area contributed by atoms with E-state index in [2.05, 4.69) is 59.5 Å². The van der Waals surface area contributed by atoms with E-state index >= 15 is 0 Å². The third kappa shape index (κ3) is 4.39. The molecule has 2 aliphatic carbocycles. The predicted octanol–water partition coefficient (Wildman–Crippen LogP) is 4.40. The zero-order valence-corrected chi connectivity index (χ0v) is 18.5. The van der Waals surface area contributed by atoms with Crippen LogP contribution in [0.25, 0.3) is 5.65 Å². The van der Waals surface area contributed by atoms with Crippen molar-refractivity contribution in [2.75, 3.05) is 10.6 Å². The molecule has 4 aromatic rings. The Balaban J connectivity index is 1.08. The van der Waals surface area contributed by atoms with E-state index < -0.39 is 0 Å². The van der Waals surface area contributed by atoms with E-state index in [1.807, 2.05) is 12.1 Å². The Morgan fingerprint density at radius 1 is 1.12 bits per heavy atom. The summed E-state index contributed by atoms with van der Waals surface area (Å²) in [5.41, 5.74) is 4.95. The number of nitrogens with one attached hydrogen (secondary N) is 2. The number of nitrogens with zero attached hydrogens (tertiary/aromatic N) is 5. The van der Waals surface area contributed by atoms with Gasteiger partial charge in [0.25, 0.3) is 0 Å². The van der Waals surface area contributed by atoms with Crippen molar-refractivity contribution in [2.45, 2.75) is 37.6 Å². The highest BCUT2D eigenvalue weighted by molar-refractivity contribution is 6.29. The number of amides is 1. The molecular formula is C24H22ClN7O. The van der Waals surface area contributed by atoms with Gasteiger partial charge in [-0.15, -0.1) is 0 Å². The number of pyridine rings is 2. The van der Waals surface area contributed by atoms with E-state index in [1.54, 1.807) is 12.3 Å². The Morgan fingerprint density at radius 2 is 2.03 bits per heavy atom. The minimum Gasteiger partial charge on any atom is -0.379 e. The van der Waals surface area contributed by atoms with Gasteiger partial charge in [-0.2, -0.15) is 0 Å². The lowest BCUT2D eigenvalue weighted by Gasteiger charge is -2.08. The molecule has 2 fully saturated rings. The van der Waals surface area contributed by atoms with Gasteiger partial charge in [-0.05, 0) is 48.9 Å². The average molecular weight is 460 g/mol. The average Bonchev–Trinajstić information content (AvgIpc) is 3.74. The Bertz CT molecular complexity index is 1350. The van der Waals surface area contributed by atoms with Gasteiger partial charge in [0.1, 0.15) is 22.9 Å². The standard InChI is InChI=1S/C24H22ClN7O/c25-21-9-20(28-13-29-21)18-8-19(18)24(33)31-22-7-16(5-6-26-22)27-10-17-12-32-11-15(14-1-2-14)3-4-23(32)30-17/h3-7,9,11-14,18-19H,1-2,8,10H2,(H2,26,27,31,33). The van der Waals surface area contributed by atoms with Crippen molar-refractivity contribution in [3.63, 3.8) is 0 Å². The summed E-state index contributed by atoms with van der Waals surface area (Å²) in [4.78, 5) is 29.8. The summed E-state index contributed by atoms with van der Waals surface area (Å²) in [7, 11) is 0. The number of hydrogen-bond acceptors (Lipinski definition) is 6. The second-order valence-corrected chi connectivity index (χ2v) is 9.11. The number of halogens is 1. The maximum Gasteiger partial charge on any atom is 0.229 e. The number of carbonyl (C=O) groups excluding carboxylic acids is 1. The normalized spacial score (nSPS) is 19.4. The molecule has 9 heteroatoms. The second-order valence-electron chi connectivity index (χ2n) is 8.72. The minimum absolute atomic E-state index is 0.0637. The van der Waals surface area contributed by atoms with Crippen molar-refractivity contribution < 1.29 is 4.79 Å². The quantitative estimate of drug-likeness (QED) is 0.397. The third-order valence-electron chi connectivity index (χ3n) is 6.22. The van der Waals surface area contributed by atoms with Crippen molar-refractivity contribution in [3.8, 4) is 0 Å². The smallest absolute Gasteiger partial charge is 0.229 e. The highest BCUT2D eigenvalue weighted by Gasteiger charge is 2.45. The van der Waals surface area contributed by atoms with Crippen molar-refractivity contribution in [1.29, 1.82) is 0 Å². The van der Waals surface area contributed by atoms with Gasteiger partial charge < -0.3 is 15.0 Å². The Labute approximate surface area is 195 Å². The van der Waals surface area contributed by atoms with Crippen LogP contribution in [0, 0.1) is 5.92 Å². The second kappa shape index (κ2) is 8.12. The fraction of sp³-hybridized carbons (Fsp3) is 0.292. The lowest BCUT2D eigenvalue weighted by molar-refractivity contribution is -0.117. The Morgan fingerprint density at radius 3 is 2.88 bits per heavy atom. The largest absolute Gasteiger partial charge is 0.379 e. The van der Waals surface area contributed by atoms with Crippen molar-refractivity contribution in [3.05, 3.63) is 77.4 Å². The van der Waals surface area contributed by atoms with Crippen molar-refractivity contribution >= 4 is 34.7 Å². The van der Waals surface area contributed by atoms with Gasteiger partial charge >= 0.3 is 0 Å². The van der Waals surface area contributed by atoms with Crippen LogP contribution in [0.5, 0.6) is 0 Å². The molecule has 2 saturated carbocycles. The molecule has 6 rings (SSSR count). The number of rotatable bonds is 7. The molecule has 33 heavy (non-hydrogen) atoms. The van der Waals surface area contributed by atoms with Gasteiger partial charge in [0.2, 0.25) is 5.91 Å². The number of aromatic nitrogens is 5. The molecule has 8 nitrogen and oxygen atoms in total. The topological polar surface area (TPSA) is 97.1 Å². The SMILES string of the molecule is O=C(Nc1cc(NCc2cn3cc(C4CC4)ccc3n2)ccn1)C1CC1c1cc(Cl)ncn1. The molecule has 166 valence electrons. The van der Waals surface area contributed by atoms with Gasteiger partial charge in [0.05, 0.1) is 12.2 Å². The zero-order valence-electron chi connectivity index (χ0n) is 17.8. The summed E-state index contributed by atoms with van der Waals surface area (Å²) in [6.07, 6.45) is 10.7. The highest BCUT2D eigenvalue weighted by Crippen LogP contribution is 2.47. The molecule has 0 bridgehead atoms. The van der Waals surface area contributed by atoms with Crippen LogP contribution in [-0.2, 0) is 11.3 Å². The van der Waals surface area contributed by atoms with Crippen molar-refractivity contribution in [1.82, 2.24) is 24.3 Å². The lowest BCUT2D eigenvalue weighted by Crippen LogP contribution is -2.16. The van der Waals surface area contributed by atoms with Crippen LogP contribution in [0.1, 0.15) is 48.0 Å². The fourth-order valence-electron chi connectivity index (χ4n) is 4.19. The maximum absolute atomic E-state index is 12.7. The zero-order chi connectivity index (χ0) is 22.4. The molecule has 4 heterocycles. The molecule has 0 saturated heterocycles. The first-order valence-electron chi connectivity index (χ1n) is 11.1. The minimum atomic E-state index is -0.132. The van der Waals surface area contributed by atoms with E-state index in [4.69, 9.17) is 11.6 Å². The number of anilines is 2. The van der Waals surface area contributed by atoms with E-state index in [9.17, 15) is 4.79 Å². The molecule has 2 atom stereocenters. The van der Waals surface area contributed by atoms with E-state index in [0.29, 0.717) is 23.4 Å². The first kappa shape index (κ1) is 20.1. The van der Waals surface area contributed by atoms with Gasteiger partial charge in [0.15, 0.2) is 0 Å². The van der Waals surface area contributed by atoms with E-state index in [0.717, 1.165) is 29.1 Å². The molecule has 2 N–H and O–H groups in total. The predicted molar refractivity (Wildman–Crippen MR) is 125 cm³/mol. The molecule has 0 aliphatic heterocycles. The molecule has 0 radical (unpaired) electrons. The van der Waals surface area contributed by atoms with Gasteiger partial charge in [-0.25, -0.2) is 19.9 Å². The van der Waals surface area contributed by atoms with Crippen LogP contribution in [0.15, 0.2) is 55.2 Å². The van der Waals surface area contributed by atoms with Crippen LogP contribution in [0.3, 0.4) is 0 Å². The number of carbonyl (C=O) groups is 1. The summed E-state index contributed by atoms with van der Waals surface area (Å²) < 4.78 is 2.10. The molecule has 0 aromatic carbocycles. The van der Waals surface area contributed by atoms with Crippen LogP contribution in [-0.4, -0.2) is 30.2 Å². The fourth-order valence-corrected chi connectivity index (χ4v) is 4.34. The maximum atomic E-state index is 12.7. The van der Waals surface area contributed by atoms with E-state index in [-0.39, 0.29) is 17.7 Å². The van der Waals surface area contributed by atoms with Gasteiger partial charge in [-0.1, -0.05) is 17.7 Å². The number of imidazole rings is 1.